The molecule has 1 heterocycles. The molecule has 1 aromatic rings. The van der Waals surface area contributed by atoms with Crippen LogP contribution in [-0.2, 0) is 4.84 Å². The van der Waals surface area contributed by atoms with Crippen molar-refractivity contribution in [3.63, 3.8) is 0 Å². The highest BCUT2D eigenvalue weighted by Gasteiger charge is 2.09. The monoisotopic (exact) mass is 193 g/mol. The van der Waals surface area contributed by atoms with Crippen LogP contribution in [-0.4, -0.2) is 21.8 Å². The van der Waals surface area contributed by atoms with Gasteiger partial charge in [0, 0.05) is 17.5 Å². The van der Waals surface area contributed by atoms with Gasteiger partial charge in [-0.25, -0.2) is 9.97 Å². The first kappa shape index (κ1) is 10.6. The van der Waals surface area contributed by atoms with Crippen LogP contribution in [0.2, 0.25) is 0 Å². The Balaban J connectivity index is 2.65. The highest BCUT2D eigenvalue weighted by atomic mass is 16.6. The summed E-state index contributed by atoms with van der Waals surface area (Å²) in [6.07, 6.45) is 4.84. The third-order valence-electron chi connectivity index (χ3n) is 1.47. The van der Waals surface area contributed by atoms with E-state index in [-0.39, 0.29) is 5.60 Å². The Hall–Kier alpha value is -1.45. The molecule has 0 aliphatic heterocycles. The maximum Gasteiger partial charge on any atom is 0.129 e. The molecule has 0 amide bonds. The predicted octanol–water partition coefficient (Wildman–Crippen LogP) is 1.93. The van der Waals surface area contributed by atoms with Crippen LogP contribution in [0.3, 0.4) is 0 Å². The summed E-state index contributed by atoms with van der Waals surface area (Å²) >= 11 is 0. The van der Waals surface area contributed by atoms with Gasteiger partial charge in [-0.15, -0.1) is 0 Å². The minimum Gasteiger partial charge on any atom is -0.390 e. The maximum absolute atomic E-state index is 5.20. The van der Waals surface area contributed by atoms with E-state index in [2.05, 4.69) is 15.1 Å². The van der Waals surface area contributed by atoms with E-state index < -0.39 is 0 Å². The van der Waals surface area contributed by atoms with Crippen LogP contribution in [0.5, 0.6) is 0 Å². The molecule has 4 heteroatoms. The molecule has 0 radical (unpaired) electrons. The standard InChI is InChI=1S/C10H15N3O/c1-8-9(5-11-7-12-8)6-13-14-10(2,3)4/h5-7H,1-4H3/b13-6-. The molecule has 0 bridgehead atoms. The lowest BCUT2D eigenvalue weighted by Crippen LogP contribution is -2.15. The van der Waals surface area contributed by atoms with Gasteiger partial charge in [0.2, 0.25) is 0 Å². The van der Waals surface area contributed by atoms with Gasteiger partial charge in [-0.1, -0.05) is 5.16 Å². The van der Waals surface area contributed by atoms with Crippen molar-refractivity contribution in [1.82, 2.24) is 9.97 Å². The van der Waals surface area contributed by atoms with Gasteiger partial charge in [-0.05, 0) is 27.7 Å². The minimum atomic E-state index is -0.264. The molecule has 1 aromatic heterocycles. The topological polar surface area (TPSA) is 47.4 Å². The fourth-order valence-corrected chi connectivity index (χ4v) is 0.770. The van der Waals surface area contributed by atoms with Crippen molar-refractivity contribution in [2.75, 3.05) is 0 Å². The van der Waals surface area contributed by atoms with E-state index >= 15 is 0 Å². The Morgan fingerprint density at radius 1 is 1.43 bits per heavy atom. The SMILES string of the molecule is Cc1ncncc1/C=N\OC(C)(C)C. The van der Waals surface area contributed by atoms with Crippen molar-refractivity contribution >= 4 is 6.21 Å². The van der Waals surface area contributed by atoms with Crippen LogP contribution in [0, 0.1) is 6.92 Å². The molecule has 0 N–H and O–H groups in total. The first-order valence-corrected chi connectivity index (χ1v) is 4.47. The minimum absolute atomic E-state index is 0.264. The second kappa shape index (κ2) is 4.17. The van der Waals surface area contributed by atoms with Crippen molar-refractivity contribution in [2.45, 2.75) is 33.3 Å². The van der Waals surface area contributed by atoms with E-state index in [1.165, 1.54) is 6.33 Å². The number of rotatable bonds is 2. The molecule has 0 atom stereocenters. The molecule has 0 saturated heterocycles. The number of nitrogens with zero attached hydrogens (tertiary/aromatic N) is 3. The fraction of sp³-hybridized carbons (Fsp3) is 0.500. The second-order valence-electron chi connectivity index (χ2n) is 4.00. The second-order valence-corrected chi connectivity index (χ2v) is 4.00. The average molecular weight is 193 g/mol. The molecule has 0 spiro atoms. The van der Waals surface area contributed by atoms with Gasteiger partial charge in [0.05, 0.1) is 6.21 Å². The molecule has 14 heavy (non-hydrogen) atoms. The van der Waals surface area contributed by atoms with Crippen LogP contribution in [0.25, 0.3) is 0 Å². The first-order valence-electron chi connectivity index (χ1n) is 4.47. The van der Waals surface area contributed by atoms with Gasteiger partial charge in [-0.2, -0.15) is 0 Å². The molecule has 0 fully saturated rings. The maximum atomic E-state index is 5.20. The smallest absolute Gasteiger partial charge is 0.129 e. The highest BCUT2D eigenvalue weighted by molar-refractivity contribution is 5.79. The summed E-state index contributed by atoms with van der Waals surface area (Å²) < 4.78 is 0. The number of oxime groups is 1. The van der Waals surface area contributed by atoms with Gasteiger partial charge in [0.1, 0.15) is 11.9 Å². The summed E-state index contributed by atoms with van der Waals surface area (Å²) in [5.74, 6) is 0. The Morgan fingerprint density at radius 3 is 2.71 bits per heavy atom. The zero-order chi connectivity index (χ0) is 10.6. The largest absolute Gasteiger partial charge is 0.390 e. The lowest BCUT2D eigenvalue weighted by Gasteiger charge is -2.14. The van der Waals surface area contributed by atoms with E-state index in [4.69, 9.17) is 4.84 Å². The van der Waals surface area contributed by atoms with Gasteiger partial charge >= 0.3 is 0 Å². The molecule has 0 saturated carbocycles. The third-order valence-corrected chi connectivity index (χ3v) is 1.47. The average Bonchev–Trinajstić information content (AvgIpc) is 2.06. The summed E-state index contributed by atoms with van der Waals surface area (Å²) in [6.45, 7) is 7.73. The van der Waals surface area contributed by atoms with Crippen molar-refractivity contribution < 1.29 is 4.84 Å². The number of aryl methyl sites for hydroxylation is 1. The van der Waals surface area contributed by atoms with E-state index in [0.29, 0.717) is 0 Å². The van der Waals surface area contributed by atoms with Crippen molar-refractivity contribution in [2.24, 2.45) is 5.16 Å². The molecule has 76 valence electrons. The van der Waals surface area contributed by atoms with Crippen LogP contribution in [0.4, 0.5) is 0 Å². The molecule has 1 rings (SSSR count). The summed E-state index contributed by atoms with van der Waals surface area (Å²) in [6, 6.07) is 0. The Labute approximate surface area is 84.0 Å². The Bertz CT molecular complexity index is 328. The van der Waals surface area contributed by atoms with Crippen LogP contribution in [0.1, 0.15) is 32.0 Å². The van der Waals surface area contributed by atoms with Crippen molar-refractivity contribution in [3.05, 3.63) is 23.8 Å². The van der Waals surface area contributed by atoms with E-state index in [1.54, 1.807) is 12.4 Å². The molecular weight excluding hydrogens is 178 g/mol. The van der Waals surface area contributed by atoms with Crippen LogP contribution < -0.4 is 0 Å². The zero-order valence-electron chi connectivity index (χ0n) is 8.98. The third kappa shape index (κ3) is 3.51. The van der Waals surface area contributed by atoms with Crippen LogP contribution in [0.15, 0.2) is 17.7 Å². The first-order chi connectivity index (χ1) is 6.49. The quantitative estimate of drug-likeness (QED) is 0.532. The lowest BCUT2D eigenvalue weighted by molar-refractivity contribution is 0.00198. The van der Waals surface area contributed by atoms with Crippen LogP contribution >= 0.6 is 0 Å². The molecule has 0 aliphatic carbocycles. The molecular formula is C10H15N3O. The zero-order valence-corrected chi connectivity index (χ0v) is 8.98. The molecule has 0 aromatic carbocycles. The number of aromatic nitrogens is 2. The summed E-state index contributed by atoms with van der Waals surface area (Å²) in [7, 11) is 0. The lowest BCUT2D eigenvalue weighted by atomic mass is 10.2. The Kier molecular flexibility index (Phi) is 3.17. The fourth-order valence-electron chi connectivity index (χ4n) is 0.770. The van der Waals surface area contributed by atoms with Gasteiger partial charge in [-0.3, -0.25) is 0 Å². The predicted molar refractivity (Wildman–Crippen MR) is 55.2 cm³/mol. The summed E-state index contributed by atoms with van der Waals surface area (Å²) in [5, 5.41) is 3.87. The molecule has 4 nitrogen and oxygen atoms in total. The number of hydrogen-bond acceptors (Lipinski definition) is 4. The summed E-state index contributed by atoms with van der Waals surface area (Å²) in [5.41, 5.74) is 1.50. The van der Waals surface area contributed by atoms with E-state index in [1.807, 2.05) is 27.7 Å². The summed E-state index contributed by atoms with van der Waals surface area (Å²) in [4.78, 5) is 13.1. The molecule has 0 unspecified atom stereocenters. The van der Waals surface area contributed by atoms with Crippen molar-refractivity contribution in [3.8, 4) is 0 Å². The van der Waals surface area contributed by atoms with Gasteiger partial charge < -0.3 is 4.84 Å². The van der Waals surface area contributed by atoms with Gasteiger partial charge in [0.25, 0.3) is 0 Å². The number of hydrogen-bond donors (Lipinski definition) is 0. The van der Waals surface area contributed by atoms with Crippen molar-refractivity contribution in [1.29, 1.82) is 0 Å². The van der Waals surface area contributed by atoms with E-state index in [0.717, 1.165) is 11.3 Å². The molecule has 0 aliphatic rings. The normalized spacial score (nSPS) is 12.0. The Morgan fingerprint density at radius 2 is 2.14 bits per heavy atom. The highest BCUT2D eigenvalue weighted by Crippen LogP contribution is 2.07. The van der Waals surface area contributed by atoms with E-state index in [9.17, 15) is 0 Å². The van der Waals surface area contributed by atoms with Gasteiger partial charge in [0.15, 0.2) is 0 Å².